The van der Waals surface area contributed by atoms with Crippen molar-refractivity contribution in [3.8, 4) is 0 Å². The molecule has 0 saturated carbocycles. The number of nitrogens with zero attached hydrogens (tertiary/aromatic N) is 3. The van der Waals surface area contributed by atoms with Crippen molar-refractivity contribution in [2.45, 2.75) is 19.4 Å². The van der Waals surface area contributed by atoms with Crippen LogP contribution in [0.2, 0.25) is 0 Å². The molecule has 0 bridgehead atoms. The van der Waals surface area contributed by atoms with Crippen LogP contribution in [0.15, 0.2) is 28.9 Å². The third kappa shape index (κ3) is 2.86. The lowest BCUT2D eigenvalue weighted by atomic mass is 9.99. The van der Waals surface area contributed by atoms with Gasteiger partial charge in [0.05, 0.1) is 6.04 Å². The Morgan fingerprint density at radius 3 is 2.83 bits per heavy atom. The van der Waals surface area contributed by atoms with Gasteiger partial charge in [-0.05, 0) is 19.1 Å². The molecule has 7 nitrogen and oxygen atoms in total. The van der Waals surface area contributed by atoms with E-state index in [4.69, 9.17) is 4.42 Å². The van der Waals surface area contributed by atoms with E-state index in [0.29, 0.717) is 18.7 Å². The van der Waals surface area contributed by atoms with E-state index >= 15 is 0 Å². The molecule has 23 heavy (non-hydrogen) atoms. The first-order valence-electron chi connectivity index (χ1n) is 7.55. The van der Waals surface area contributed by atoms with E-state index in [2.05, 4.69) is 10.3 Å². The van der Waals surface area contributed by atoms with Crippen molar-refractivity contribution in [2.75, 3.05) is 13.6 Å². The number of nitrogens with one attached hydrogen (secondary N) is 1. The Bertz CT molecular complexity index is 733. The minimum Gasteiger partial charge on any atom is -0.456 e. The first kappa shape index (κ1) is 15.3. The van der Waals surface area contributed by atoms with E-state index in [1.807, 2.05) is 17.8 Å². The molecule has 0 aromatic carbocycles. The Labute approximate surface area is 134 Å². The molecule has 1 aliphatic rings. The second-order valence-corrected chi connectivity index (χ2v) is 5.93. The second-order valence-electron chi connectivity index (χ2n) is 5.93. The van der Waals surface area contributed by atoms with Gasteiger partial charge in [0.1, 0.15) is 11.6 Å². The summed E-state index contributed by atoms with van der Waals surface area (Å²) in [6.45, 7) is 2.19. The van der Waals surface area contributed by atoms with Crippen LogP contribution >= 0.6 is 0 Å². The summed E-state index contributed by atoms with van der Waals surface area (Å²) in [4.78, 5) is 30.3. The first-order valence-corrected chi connectivity index (χ1v) is 7.55. The molecule has 2 atom stereocenters. The Kier molecular flexibility index (Phi) is 3.94. The topological polar surface area (TPSA) is 80.4 Å². The van der Waals surface area contributed by atoms with Crippen LogP contribution in [0.5, 0.6) is 0 Å². The zero-order chi connectivity index (χ0) is 16.6. The molecule has 2 amide bonds. The Balaban J connectivity index is 1.72. The van der Waals surface area contributed by atoms with Gasteiger partial charge in [-0.1, -0.05) is 0 Å². The molecule has 1 aliphatic heterocycles. The normalized spacial score (nSPS) is 21.0. The summed E-state index contributed by atoms with van der Waals surface area (Å²) in [5, 5.41) is 2.86. The largest absolute Gasteiger partial charge is 0.456 e. The van der Waals surface area contributed by atoms with Gasteiger partial charge in [0, 0.05) is 45.4 Å². The number of hydrogen-bond donors (Lipinski definition) is 1. The number of hydrogen-bond acceptors (Lipinski definition) is 4. The minimum atomic E-state index is -0.265. The van der Waals surface area contributed by atoms with Gasteiger partial charge in [0.15, 0.2) is 5.76 Å². The summed E-state index contributed by atoms with van der Waals surface area (Å²) in [5.74, 6) is 1.58. The van der Waals surface area contributed by atoms with E-state index in [1.54, 1.807) is 37.2 Å². The lowest BCUT2D eigenvalue weighted by Gasteiger charge is -2.24. The fourth-order valence-corrected chi connectivity index (χ4v) is 3.05. The highest BCUT2D eigenvalue weighted by atomic mass is 16.3. The number of aromatic nitrogens is 2. The SMILES string of the molecule is Cc1ccc(C(=O)NC[C@@H]2CC(=O)N(C)[C@H]2c2nccn2C)o1. The standard InChI is InChI=1S/C16H20N4O3/c1-10-4-5-12(23-10)16(22)18-9-11-8-13(21)20(3)14(11)15-17-6-7-19(15)2/h4-7,11,14H,8-9H2,1-3H3,(H,18,22)/t11-,14+/m0/s1. The van der Waals surface area contributed by atoms with Gasteiger partial charge < -0.3 is 19.2 Å². The van der Waals surface area contributed by atoms with Gasteiger partial charge >= 0.3 is 0 Å². The quantitative estimate of drug-likeness (QED) is 0.921. The van der Waals surface area contributed by atoms with Crippen molar-refractivity contribution in [3.05, 3.63) is 41.9 Å². The average Bonchev–Trinajstić information content (AvgIpc) is 3.19. The fourth-order valence-electron chi connectivity index (χ4n) is 3.05. The monoisotopic (exact) mass is 316 g/mol. The Morgan fingerprint density at radius 2 is 2.22 bits per heavy atom. The number of imidazole rings is 1. The van der Waals surface area contributed by atoms with Crippen molar-refractivity contribution in [1.82, 2.24) is 19.8 Å². The predicted molar refractivity (Wildman–Crippen MR) is 82.6 cm³/mol. The Morgan fingerprint density at radius 1 is 1.43 bits per heavy atom. The molecule has 1 N–H and O–H groups in total. The molecule has 3 heterocycles. The van der Waals surface area contributed by atoms with Gasteiger partial charge in [-0.15, -0.1) is 0 Å². The van der Waals surface area contributed by atoms with E-state index in [9.17, 15) is 9.59 Å². The van der Waals surface area contributed by atoms with E-state index in [1.165, 1.54) is 0 Å². The average molecular weight is 316 g/mol. The third-order valence-electron chi connectivity index (χ3n) is 4.31. The first-order chi connectivity index (χ1) is 11.0. The van der Waals surface area contributed by atoms with Crippen molar-refractivity contribution >= 4 is 11.8 Å². The van der Waals surface area contributed by atoms with Crippen molar-refractivity contribution in [1.29, 1.82) is 0 Å². The van der Waals surface area contributed by atoms with E-state index < -0.39 is 0 Å². The van der Waals surface area contributed by atoms with Crippen LogP contribution in [-0.4, -0.2) is 39.9 Å². The summed E-state index contributed by atoms with van der Waals surface area (Å²) in [7, 11) is 3.68. The number of likely N-dealkylation sites (tertiary alicyclic amines) is 1. The highest BCUT2D eigenvalue weighted by Gasteiger charge is 2.40. The zero-order valence-electron chi connectivity index (χ0n) is 13.4. The molecule has 0 unspecified atom stereocenters. The molecule has 0 aliphatic carbocycles. The number of furan rings is 1. The maximum atomic E-state index is 12.1. The maximum absolute atomic E-state index is 12.1. The minimum absolute atomic E-state index is 0.0198. The Hall–Kier alpha value is -2.57. The molecule has 2 aromatic rings. The van der Waals surface area contributed by atoms with Crippen molar-refractivity contribution < 1.29 is 14.0 Å². The molecule has 7 heteroatoms. The van der Waals surface area contributed by atoms with E-state index in [0.717, 1.165) is 5.82 Å². The van der Waals surface area contributed by atoms with Gasteiger partial charge in [-0.2, -0.15) is 0 Å². The van der Waals surface area contributed by atoms with Crippen LogP contribution < -0.4 is 5.32 Å². The molecule has 2 aromatic heterocycles. The molecule has 1 fully saturated rings. The highest BCUT2D eigenvalue weighted by Crippen LogP contribution is 2.35. The highest BCUT2D eigenvalue weighted by molar-refractivity contribution is 5.91. The number of carbonyl (C=O) groups is 2. The van der Waals surface area contributed by atoms with Gasteiger partial charge in [0.25, 0.3) is 5.91 Å². The van der Waals surface area contributed by atoms with Crippen LogP contribution in [-0.2, 0) is 11.8 Å². The molecule has 0 radical (unpaired) electrons. The number of amides is 2. The van der Waals surface area contributed by atoms with Crippen LogP contribution in [0, 0.1) is 12.8 Å². The molecule has 0 spiro atoms. The van der Waals surface area contributed by atoms with E-state index in [-0.39, 0.29) is 29.5 Å². The smallest absolute Gasteiger partial charge is 0.287 e. The fraction of sp³-hybridized carbons (Fsp3) is 0.438. The number of rotatable bonds is 4. The zero-order valence-corrected chi connectivity index (χ0v) is 13.4. The summed E-state index contributed by atoms with van der Waals surface area (Å²) >= 11 is 0. The van der Waals surface area contributed by atoms with Crippen LogP contribution in [0.1, 0.15) is 34.6 Å². The molecule has 1 saturated heterocycles. The third-order valence-corrected chi connectivity index (χ3v) is 4.31. The van der Waals surface area contributed by atoms with Gasteiger partial charge in [-0.25, -0.2) is 4.98 Å². The number of aryl methyl sites for hydroxylation is 2. The molecule has 3 rings (SSSR count). The summed E-state index contributed by atoms with van der Waals surface area (Å²) in [5.41, 5.74) is 0. The second kappa shape index (κ2) is 5.91. The number of carbonyl (C=O) groups excluding carboxylic acids is 2. The molecular formula is C16H20N4O3. The van der Waals surface area contributed by atoms with Gasteiger partial charge in [0.2, 0.25) is 5.91 Å². The predicted octanol–water partition coefficient (Wildman–Crippen LogP) is 1.27. The van der Waals surface area contributed by atoms with Crippen molar-refractivity contribution in [2.24, 2.45) is 13.0 Å². The summed E-state index contributed by atoms with van der Waals surface area (Å²) in [6, 6.07) is 3.26. The van der Waals surface area contributed by atoms with Gasteiger partial charge in [-0.3, -0.25) is 9.59 Å². The van der Waals surface area contributed by atoms with Crippen LogP contribution in [0.3, 0.4) is 0 Å². The lowest BCUT2D eigenvalue weighted by Crippen LogP contribution is -2.33. The van der Waals surface area contributed by atoms with Crippen LogP contribution in [0.4, 0.5) is 0 Å². The molecule has 122 valence electrons. The van der Waals surface area contributed by atoms with Crippen LogP contribution in [0.25, 0.3) is 0 Å². The summed E-state index contributed by atoms with van der Waals surface area (Å²) in [6.07, 6.45) is 3.96. The molecular weight excluding hydrogens is 296 g/mol. The van der Waals surface area contributed by atoms with Crippen molar-refractivity contribution in [3.63, 3.8) is 0 Å². The lowest BCUT2D eigenvalue weighted by molar-refractivity contribution is -0.127. The maximum Gasteiger partial charge on any atom is 0.287 e. The summed E-state index contributed by atoms with van der Waals surface area (Å²) < 4.78 is 7.22.